The van der Waals surface area contributed by atoms with Crippen molar-refractivity contribution < 1.29 is 25.9 Å². The predicted octanol–water partition coefficient (Wildman–Crippen LogP) is 1.92. The van der Waals surface area contributed by atoms with E-state index in [1.54, 1.807) is 0 Å². The monoisotopic (exact) mass is 411 g/mol. The second-order valence-corrected chi connectivity index (χ2v) is 15.0. The second kappa shape index (κ2) is 7.99. The van der Waals surface area contributed by atoms with Crippen LogP contribution < -0.4 is 25.9 Å². The summed E-state index contributed by atoms with van der Waals surface area (Å²) in [6.07, 6.45) is 1.18. The summed E-state index contributed by atoms with van der Waals surface area (Å²) in [5, 5.41) is 0. The maximum Gasteiger partial charge on any atom is 0.357 e. The molecule has 0 amide bonds. The van der Waals surface area contributed by atoms with Crippen molar-refractivity contribution in [3.05, 3.63) is 61.7 Å². The molecule has 0 radical (unpaired) electrons. The fourth-order valence-corrected chi connectivity index (χ4v) is 5.41. The van der Waals surface area contributed by atoms with Crippen molar-refractivity contribution in [2.75, 3.05) is 6.61 Å². The first-order valence-corrected chi connectivity index (χ1v) is 13.3. The molecule has 0 saturated carbocycles. The zero-order valence-corrected chi connectivity index (χ0v) is 16.3. The molecule has 2 aromatic carbocycles. The molecular formula is C18H24IOSi+. The highest BCUT2D eigenvalue weighted by Crippen LogP contribution is 2.13. The standard InChI is InChI=1S/C18H24IOSi/c1-21(2,3)15-7-14-20-18-12-10-17(11-13-18)19-16-8-5-4-6-9-16/h4-6,8-13H,7,14-15H2,1-3H3/q+1. The number of ether oxygens (including phenoxy) is 1. The van der Waals surface area contributed by atoms with Crippen LogP contribution in [0.4, 0.5) is 0 Å². The third-order valence-corrected chi connectivity index (χ3v) is 7.64. The van der Waals surface area contributed by atoms with Gasteiger partial charge in [-0.05, 0) is 42.8 Å². The molecule has 112 valence electrons. The minimum absolute atomic E-state index is 0.0667. The Balaban J connectivity index is 1.79. The van der Waals surface area contributed by atoms with E-state index in [2.05, 4.69) is 74.2 Å². The number of rotatable bonds is 7. The van der Waals surface area contributed by atoms with Gasteiger partial charge < -0.3 is 4.74 Å². The van der Waals surface area contributed by atoms with Gasteiger partial charge in [0.25, 0.3) is 0 Å². The van der Waals surface area contributed by atoms with E-state index in [1.165, 1.54) is 19.6 Å². The molecule has 0 aromatic heterocycles. The van der Waals surface area contributed by atoms with Crippen LogP contribution in [0.3, 0.4) is 0 Å². The first-order valence-electron chi connectivity index (χ1n) is 7.46. The molecule has 2 aromatic rings. The van der Waals surface area contributed by atoms with E-state index in [0.717, 1.165) is 12.4 Å². The average Bonchev–Trinajstić information content (AvgIpc) is 2.45. The smallest absolute Gasteiger partial charge is 0.357 e. The molecule has 0 bridgehead atoms. The van der Waals surface area contributed by atoms with Crippen LogP contribution >= 0.6 is 0 Å². The quantitative estimate of drug-likeness (QED) is 0.384. The lowest BCUT2D eigenvalue weighted by Crippen LogP contribution is -3.61. The molecule has 0 fully saturated rings. The van der Waals surface area contributed by atoms with Crippen LogP contribution in [0.25, 0.3) is 0 Å². The fraction of sp³-hybridized carbons (Fsp3) is 0.333. The molecule has 0 atom stereocenters. The number of hydrogen-bond donors (Lipinski definition) is 0. The zero-order valence-electron chi connectivity index (χ0n) is 13.1. The van der Waals surface area contributed by atoms with E-state index >= 15 is 0 Å². The molecule has 0 saturated heterocycles. The minimum atomic E-state index is -0.923. The molecule has 0 unspecified atom stereocenters. The molecular weight excluding hydrogens is 387 g/mol. The van der Waals surface area contributed by atoms with Crippen LogP contribution in [0.5, 0.6) is 5.75 Å². The van der Waals surface area contributed by atoms with Crippen molar-refractivity contribution in [2.24, 2.45) is 0 Å². The molecule has 0 aliphatic carbocycles. The summed E-state index contributed by atoms with van der Waals surface area (Å²) in [5.74, 6) is 1.01. The Morgan fingerprint density at radius 3 is 2.10 bits per heavy atom. The van der Waals surface area contributed by atoms with Crippen molar-refractivity contribution in [2.45, 2.75) is 32.1 Å². The first kappa shape index (κ1) is 16.6. The fourth-order valence-electron chi connectivity index (χ4n) is 1.99. The van der Waals surface area contributed by atoms with E-state index < -0.39 is 8.07 Å². The predicted molar refractivity (Wildman–Crippen MR) is 88.5 cm³/mol. The SMILES string of the molecule is C[Si](C)(C)CCCOc1ccc([I+]c2ccccc2)cc1. The van der Waals surface area contributed by atoms with Gasteiger partial charge in [0, 0.05) is 8.07 Å². The van der Waals surface area contributed by atoms with E-state index in [4.69, 9.17) is 4.74 Å². The van der Waals surface area contributed by atoms with Crippen LogP contribution in [-0.4, -0.2) is 14.7 Å². The summed E-state index contributed by atoms with van der Waals surface area (Å²) in [4.78, 5) is 0. The van der Waals surface area contributed by atoms with Gasteiger partial charge in [-0.3, -0.25) is 0 Å². The van der Waals surface area contributed by atoms with E-state index in [-0.39, 0.29) is 21.2 Å². The number of benzene rings is 2. The van der Waals surface area contributed by atoms with Crippen LogP contribution in [-0.2, 0) is 0 Å². The molecule has 21 heavy (non-hydrogen) atoms. The van der Waals surface area contributed by atoms with Crippen molar-refractivity contribution in [1.29, 1.82) is 0 Å². The minimum Gasteiger partial charge on any atom is -0.494 e. The molecule has 0 spiro atoms. The Bertz CT molecular complexity index is 531. The Hall–Kier alpha value is -0.813. The molecule has 1 nitrogen and oxygen atoms in total. The van der Waals surface area contributed by atoms with Crippen LogP contribution in [0.2, 0.25) is 25.7 Å². The van der Waals surface area contributed by atoms with Gasteiger partial charge in [0.1, 0.15) is 5.75 Å². The van der Waals surface area contributed by atoms with Crippen LogP contribution in [0.15, 0.2) is 54.6 Å². The Morgan fingerprint density at radius 2 is 1.48 bits per heavy atom. The number of hydrogen-bond acceptors (Lipinski definition) is 1. The van der Waals surface area contributed by atoms with Gasteiger partial charge in [-0.1, -0.05) is 43.9 Å². The molecule has 0 aliphatic rings. The van der Waals surface area contributed by atoms with E-state index in [1.807, 2.05) is 0 Å². The first-order chi connectivity index (χ1) is 10.0. The largest absolute Gasteiger partial charge is 0.494 e. The summed E-state index contributed by atoms with van der Waals surface area (Å²) >= 11 is -0.0667. The van der Waals surface area contributed by atoms with Crippen molar-refractivity contribution in [3.8, 4) is 5.75 Å². The van der Waals surface area contributed by atoms with Crippen LogP contribution in [0, 0.1) is 7.14 Å². The van der Waals surface area contributed by atoms with Gasteiger partial charge in [-0.25, -0.2) is 0 Å². The Morgan fingerprint density at radius 1 is 0.857 bits per heavy atom. The van der Waals surface area contributed by atoms with Gasteiger partial charge in [-0.2, -0.15) is 0 Å². The van der Waals surface area contributed by atoms with Gasteiger partial charge in [0.05, 0.1) is 6.61 Å². The van der Waals surface area contributed by atoms with Crippen molar-refractivity contribution in [1.82, 2.24) is 0 Å². The van der Waals surface area contributed by atoms with Gasteiger partial charge in [0.2, 0.25) is 0 Å². The maximum atomic E-state index is 5.84. The van der Waals surface area contributed by atoms with Crippen LogP contribution in [0.1, 0.15) is 6.42 Å². The maximum absolute atomic E-state index is 5.84. The second-order valence-electron chi connectivity index (χ2n) is 6.36. The van der Waals surface area contributed by atoms with E-state index in [0.29, 0.717) is 0 Å². The van der Waals surface area contributed by atoms with Gasteiger partial charge in [-0.15, -0.1) is 0 Å². The lowest BCUT2D eigenvalue weighted by Gasteiger charge is -2.15. The normalized spacial score (nSPS) is 11.4. The van der Waals surface area contributed by atoms with Crippen molar-refractivity contribution >= 4 is 8.07 Å². The summed E-state index contributed by atoms with van der Waals surface area (Å²) < 4.78 is 8.74. The Labute approximate surface area is 140 Å². The highest BCUT2D eigenvalue weighted by Gasteiger charge is 2.15. The summed E-state index contributed by atoms with van der Waals surface area (Å²) in [7, 11) is -0.923. The zero-order chi connectivity index (χ0) is 15.1. The average molecular weight is 411 g/mol. The molecule has 0 aliphatic heterocycles. The summed E-state index contributed by atoms with van der Waals surface area (Å²) in [6.45, 7) is 8.08. The summed E-state index contributed by atoms with van der Waals surface area (Å²) in [5.41, 5.74) is 0. The topological polar surface area (TPSA) is 9.23 Å². The van der Waals surface area contributed by atoms with Crippen molar-refractivity contribution in [3.63, 3.8) is 0 Å². The molecule has 0 heterocycles. The molecule has 0 N–H and O–H groups in total. The third-order valence-electron chi connectivity index (χ3n) is 3.10. The lowest BCUT2D eigenvalue weighted by atomic mass is 10.3. The third kappa shape index (κ3) is 6.65. The van der Waals surface area contributed by atoms with E-state index in [9.17, 15) is 0 Å². The molecule has 3 heteroatoms. The Kier molecular flexibility index (Phi) is 6.30. The van der Waals surface area contributed by atoms with Gasteiger partial charge in [0.15, 0.2) is 7.14 Å². The number of halogens is 1. The summed E-state index contributed by atoms with van der Waals surface area (Å²) in [6, 6.07) is 20.7. The molecule has 2 rings (SSSR count). The highest BCUT2D eigenvalue weighted by molar-refractivity contribution is 6.76. The lowest BCUT2D eigenvalue weighted by molar-refractivity contribution is -0.597. The highest BCUT2D eigenvalue weighted by atomic mass is 127. The van der Waals surface area contributed by atoms with Gasteiger partial charge >= 0.3 is 21.2 Å².